The van der Waals surface area contributed by atoms with E-state index >= 15 is 0 Å². The second kappa shape index (κ2) is 3.62. The van der Waals surface area contributed by atoms with E-state index in [1.165, 1.54) is 12.8 Å². The van der Waals surface area contributed by atoms with E-state index in [2.05, 4.69) is 0 Å². The lowest BCUT2D eigenvalue weighted by Crippen LogP contribution is -3.00. The summed E-state index contributed by atoms with van der Waals surface area (Å²) < 4.78 is 4.94. The van der Waals surface area contributed by atoms with E-state index in [-0.39, 0.29) is 17.0 Å². The predicted molar refractivity (Wildman–Crippen MR) is 20.1 cm³/mol. The third-order valence-electron chi connectivity index (χ3n) is 0.827. The van der Waals surface area contributed by atoms with Crippen molar-refractivity contribution in [3.63, 3.8) is 0 Å². The van der Waals surface area contributed by atoms with E-state index in [1.807, 2.05) is 0 Å². The lowest BCUT2D eigenvalue weighted by atomic mass is 10.4. The molecule has 0 aliphatic carbocycles. The SMILES string of the molecule is C1CCOC1.[Br-]. The molecule has 0 unspecified atom stereocenters. The Labute approximate surface area is 48.5 Å². The molecule has 1 saturated heterocycles. The van der Waals surface area contributed by atoms with Crippen LogP contribution >= 0.6 is 0 Å². The summed E-state index contributed by atoms with van der Waals surface area (Å²) in [5.74, 6) is 0. The van der Waals surface area contributed by atoms with Gasteiger partial charge in [-0.15, -0.1) is 0 Å². The van der Waals surface area contributed by atoms with E-state index < -0.39 is 0 Å². The monoisotopic (exact) mass is 151 g/mol. The van der Waals surface area contributed by atoms with Gasteiger partial charge < -0.3 is 21.7 Å². The van der Waals surface area contributed by atoms with Crippen LogP contribution in [0.5, 0.6) is 0 Å². The lowest BCUT2D eigenvalue weighted by Gasteiger charge is -1.76. The Bertz CT molecular complexity index is 19.1. The Morgan fingerprint density at radius 1 is 1.00 bits per heavy atom. The fourth-order valence-corrected chi connectivity index (χ4v) is 0.510. The molecule has 0 aromatic heterocycles. The van der Waals surface area contributed by atoms with Crippen LogP contribution in [0.1, 0.15) is 12.8 Å². The number of halogens is 1. The van der Waals surface area contributed by atoms with Gasteiger partial charge in [0.15, 0.2) is 0 Å². The zero-order valence-electron chi connectivity index (χ0n) is 3.61. The first-order valence-electron chi connectivity index (χ1n) is 2.08. The molecule has 1 heterocycles. The average Bonchev–Trinajstić information content (AvgIpc) is 1.76. The minimum atomic E-state index is 0. The molecule has 38 valence electrons. The van der Waals surface area contributed by atoms with Crippen molar-refractivity contribution in [2.45, 2.75) is 12.8 Å². The first-order chi connectivity index (χ1) is 2.50. The maximum atomic E-state index is 4.94. The van der Waals surface area contributed by atoms with Crippen molar-refractivity contribution in [1.82, 2.24) is 0 Å². The van der Waals surface area contributed by atoms with Crippen LogP contribution in [0, 0.1) is 0 Å². The van der Waals surface area contributed by atoms with Crippen LogP contribution in [0.25, 0.3) is 0 Å². The molecule has 2 heteroatoms. The fourth-order valence-electron chi connectivity index (χ4n) is 0.510. The Hall–Kier alpha value is 0.440. The molecule has 0 bridgehead atoms. The van der Waals surface area contributed by atoms with E-state index in [0.29, 0.717) is 0 Å². The van der Waals surface area contributed by atoms with E-state index in [1.54, 1.807) is 0 Å². The minimum Gasteiger partial charge on any atom is -1.00 e. The summed E-state index contributed by atoms with van der Waals surface area (Å²) in [4.78, 5) is 0. The maximum absolute atomic E-state index is 4.94. The molecule has 0 atom stereocenters. The van der Waals surface area contributed by atoms with Crippen molar-refractivity contribution >= 4 is 0 Å². The minimum absolute atomic E-state index is 0. The molecule has 6 heavy (non-hydrogen) atoms. The van der Waals surface area contributed by atoms with Crippen molar-refractivity contribution in [3.05, 3.63) is 0 Å². The van der Waals surface area contributed by atoms with Gasteiger partial charge in [0.2, 0.25) is 0 Å². The van der Waals surface area contributed by atoms with E-state index in [4.69, 9.17) is 4.74 Å². The Balaban J connectivity index is 0.000000250. The summed E-state index contributed by atoms with van der Waals surface area (Å²) in [6, 6.07) is 0. The highest BCUT2D eigenvalue weighted by atomic mass is 79.9. The number of rotatable bonds is 0. The van der Waals surface area contributed by atoms with Gasteiger partial charge in [-0.25, -0.2) is 0 Å². The molecule has 1 rings (SSSR count). The summed E-state index contributed by atoms with van der Waals surface area (Å²) in [6.45, 7) is 2.00. The molecular weight excluding hydrogens is 144 g/mol. The van der Waals surface area contributed by atoms with Gasteiger partial charge in [0.05, 0.1) is 0 Å². The first kappa shape index (κ1) is 6.44. The number of hydrogen-bond donors (Lipinski definition) is 0. The van der Waals surface area contributed by atoms with Crippen molar-refractivity contribution < 1.29 is 21.7 Å². The summed E-state index contributed by atoms with van der Waals surface area (Å²) in [5, 5.41) is 0. The normalized spacial score (nSPS) is 20.0. The zero-order valence-corrected chi connectivity index (χ0v) is 5.20. The smallest absolute Gasteiger partial charge is 0.0466 e. The molecule has 0 aromatic carbocycles. The van der Waals surface area contributed by atoms with Crippen molar-refractivity contribution in [2.24, 2.45) is 0 Å². The van der Waals surface area contributed by atoms with Gasteiger partial charge in [0.1, 0.15) is 0 Å². The predicted octanol–water partition coefficient (Wildman–Crippen LogP) is -2.20. The average molecular weight is 152 g/mol. The van der Waals surface area contributed by atoms with Gasteiger partial charge in [-0.05, 0) is 12.8 Å². The van der Waals surface area contributed by atoms with Crippen molar-refractivity contribution in [1.29, 1.82) is 0 Å². The quantitative estimate of drug-likeness (QED) is 0.382. The fraction of sp³-hybridized carbons (Fsp3) is 1.00. The molecule has 0 spiro atoms. The standard InChI is InChI=1S/C4H8O.BrH/c1-2-4-5-3-1;/h1-4H2;1H/p-1. The highest BCUT2D eigenvalue weighted by Crippen LogP contribution is 1.98. The van der Waals surface area contributed by atoms with Gasteiger partial charge in [-0.3, -0.25) is 0 Å². The van der Waals surface area contributed by atoms with Crippen LogP contribution < -0.4 is 17.0 Å². The first-order valence-corrected chi connectivity index (χ1v) is 2.08. The van der Waals surface area contributed by atoms with E-state index in [0.717, 1.165) is 13.2 Å². The molecule has 1 nitrogen and oxygen atoms in total. The van der Waals surface area contributed by atoms with Crippen LogP contribution in [-0.4, -0.2) is 13.2 Å². The maximum Gasteiger partial charge on any atom is 0.0466 e. The Kier molecular flexibility index (Phi) is 3.89. The van der Waals surface area contributed by atoms with Crippen LogP contribution in [0.2, 0.25) is 0 Å². The highest BCUT2D eigenvalue weighted by Gasteiger charge is 1.94. The van der Waals surface area contributed by atoms with Gasteiger partial charge in [0, 0.05) is 13.2 Å². The van der Waals surface area contributed by atoms with Crippen LogP contribution in [0.4, 0.5) is 0 Å². The third kappa shape index (κ3) is 1.78. The van der Waals surface area contributed by atoms with Gasteiger partial charge in [-0.1, -0.05) is 0 Å². The number of ether oxygens (including phenoxy) is 1. The van der Waals surface area contributed by atoms with E-state index in [9.17, 15) is 0 Å². The second-order valence-electron chi connectivity index (χ2n) is 1.32. The summed E-state index contributed by atoms with van der Waals surface area (Å²) in [6.07, 6.45) is 2.56. The Morgan fingerprint density at radius 2 is 1.50 bits per heavy atom. The molecule has 1 aliphatic heterocycles. The third-order valence-corrected chi connectivity index (χ3v) is 0.827. The summed E-state index contributed by atoms with van der Waals surface area (Å²) in [5.41, 5.74) is 0. The topological polar surface area (TPSA) is 9.23 Å². The van der Waals surface area contributed by atoms with Crippen LogP contribution in [0.3, 0.4) is 0 Å². The Morgan fingerprint density at radius 3 is 1.67 bits per heavy atom. The molecule has 1 fully saturated rings. The second-order valence-corrected chi connectivity index (χ2v) is 1.32. The van der Waals surface area contributed by atoms with Crippen LogP contribution in [-0.2, 0) is 4.74 Å². The molecule has 0 amide bonds. The molecule has 0 aromatic rings. The molecule has 0 N–H and O–H groups in total. The van der Waals surface area contributed by atoms with Gasteiger partial charge >= 0.3 is 0 Å². The lowest BCUT2D eigenvalue weighted by molar-refractivity contribution is -0.00000163. The summed E-state index contributed by atoms with van der Waals surface area (Å²) >= 11 is 0. The van der Waals surface area contributed by atoms with Crippen molar-refractivity contribution in [2.75, 3.05) is 13.2 Å². The van der Waals surface area contributed by atoms with Gasteiger partial charge in [0.25, 0.3) is 0 Å². The van der Waals surface area contributed by atoms with Crippen LogP contribution in [0.15, 0.2) is 0 Å². The molecular formula is C4H8BrO-. The molecule has 0 saturated carbocycles. The number of hydrogen-bond acceptors (Lipinski definition) is 1. The largest absolute Gasteiger partial charge is 1.00 e. The highest BCUT2D eigenvalue weighted by molar-refractivity contribution is 4.43. The van der Waals surface area contributed by atoms with Gasteiger partial charge in [-0.2, -0.15) is 0 Å². The molecule has 0 radical (unpaired) electrons. The molecule has 1 aliphatic rings. The summed E-state index contributed by atoms with van der Waals surface area (Å²) in [7, 11) is 0. The van der Waals surface area contributed by atoms with Crippen molar-refractivity contribution in [3.8, 4) is 0 Å². The zero-order chi connectivity index (χ0) is 3.54.